The maximum absolute atomic E-state index is 12.2. The van der Waals surface area contributed by atoms with Gasteiger partial charge in [0.2, 0.25) is 5.91 Å². The molecule has 2 fully saturated rings. The zero-order chi connectivity index (χ0) is 20.6. The lowest BCUT2D eigenvalue weighted by atomic mass is 10.1. The number of nitrogens with two attached hydrogens (primary N) is 1. The molecule has 2 atom stereocenters. The van der Waals surface area contributed by atoms with E-state index in [1.807, 2.05) is 4.90 Å². The third kappa shape index (κ3) is 4.21. The Morgan fingerprint density at radius 2 is 1.48 bits per heavy atom. The monoisotopic (exact) mass is 416 g/mol. The van der Waals surface area contributed by atoms with E-state index in [1.54, 1.807) is 0 Å². The molecule has 2 aliphatic heterocycles. The van der Waals surface area contributed by atoms with E-state index in [2.05, 4.69) is 55.4 Å². The second-order valence-electron chi connectivity index (χ2n) is 9.39. The molecule has 0 spiro atoms. The van der Waals surface area contributed by atoms with Crippen LogP contribution in [-0.2, 0) is 17.8 Å². The van der Waals surface area contributed by atoms with Crippen LogP contribution in [0.15, 0.2) is 0 Å². The van der Waals surface area contributed by atoms with Gasteiger partial charge in [-0.15, -0.1) is 0 Å². The van der Waals surface area contributed by atoms with Gasteiger partial charge in [0.05, 0.1) is 12.6 Å². The van der Waals surface area contributed by atoms with Gasteiger partial charge in [0.1, 0.15) is 0 Å². The van der Waals surface area contributed by atoms with Crippen LogP contribution < -0.4 is 5.73 Å². The minimum absolute atomic E-state index is 0.0103. The van der Waals surface area contributed by atoms with Gasteiger partial charge in [0.25, 0.3) is 0 Å². The lowest BCUT2D eigenvalue weighted by Gasteiger charge is -2.51. The molecule has 0 saturated carbocycles. The first-order valence-electron chi connectivity index (χ1n) is 10.5. The summed E-state index contributed by atoms with van der Waals surface area (Å²) in [5.74, 6) is 0.182. The van der Waals surface area contributed by atoms with Crippen molar-refractivity contribution in [2.75, 3.05) is 26.2 Å². The third-order valence-corrected chi connectivity index (χ3v) is 16.6. The van der Waals surface area contributed by atoms with Gasteiger partial charge in [-0.1, -0.05) is 55.4 Å². The highest BCUT2D eigenvalue weighted by molar-refractivity contribution is 6.83. The van der Waals surface area contributed by atoms with Gasteiger partial charge < -0.3 is 23.6 Å². The van der Waals surface area contributed by atoms with Crippen molar-refractivity contribution in [2.45, 2.75) is 83.7 Å². The number of amides is 1. The summed E-state index contributed by atoms with van der Waals surface area (Å²) in [6.07, 6.45) is -0.0247. The molecule has 2 aliphatic rings. The van der Waals surface area contributed by atoms with E-state index >= 15 is 0 Å². The van der Waals surface area contributed by atoms with Crippen LogP contribution in [0.1, 0.15) is 55.4 Å². The predicted molar refractivity (Wildman–Crippen MR) is 113 cm³/mol. The maximum Gasteiger partial charge on any atom is 0.335 e. The van der Waals surface area contributed by atoms with Gasteiger partial charge in [-0.3, -0.25) is 4.79 Å². The summed E-state index contributed by atoms with van der Waals surface area (Å²) in [4.78, 5) is 14.0. The molecule has 0 bridgehead atoms. The van der Waals surface area contributed by atoms with Crippen LogP contribution in [0.2, 0.25) is 22.2 Å². The van der Waals surface area contributed by atoms with Gasteiger partial charge in [0.15, 0.2) is 0 Å². The Labute approximate surface area is 167 Å². The molecule has 2 N–H and O–H groups in total. The molecule has 0 aliphatic carbocycles. The zero-order valence-electron chi connectivity index (χ0n) is 18.5. The Hall–Kier alpha value is -0.256. The van der Waals surface area contributed by atoms with Crippen LogP contribution in [0.4, 0.5) is 0 Å². The standard InChI is InChI=1S/C19H40N2O4Si2/c1-13(2)26(14(3)4)23-12-17-10-21(19(22)9-20)11-18(17)24-27(25-26,15(5)6)16(7)8/h13-18H,9-12,20H2,1-8H3/t17-,18+/m0/s1. The first-order valence-corrected chi connectivity index (χ1v) is 14.4. The molecule has 1 amide bonds. The SMILES string of the molecule is CC(C)[Si]1(C(C)C)OC[C@@H]2CN(C(=O)CN)C[C@H]2O[Si](C(C)C)(C(C)C)O1. The summed E-state index contributed by atoms with van der Waals surface area (Å²) in [6.45, 7) is 19.7. The van der Waals surface area contributed by atoms with E-state index in [9.17, 15) is 4.79 Å². The summed E-state index contributed by atoms with van der Waals surface area (Å²) in [7, 11) is -5.06. The molecular formula is C19H40N2O4Si2. The van der Waals surface area contributed by atoms with Crippen LogP contribution in [0.5, 0.6) is 0 Å². The van der Waals surface area contributed by atoms with E-state index in [0.717, 1.165) is 0 Å². The smallest absolute Gasteiger partial charge is 0.335 e. The van der Waals surface area contributed by atoms with Crippen LogP contribution in [-0.4, -0.2) is 60.3 Å². The predicted octanol–water partition coefficient (Wildman–Crippen LogP) is 3.36. The number of nitrogens with zero attached hydrogens (tertiary/aromatic N) is 1. The minimum atomic E-state index is -2.57. The van der Waals surface area contributed by atoms with E-state index in [1.165, 1.54) is 0 Å². The number of carbonyl (C=O) groups is 1. The fraction of sp³-hybridized carbons (Fsp3) is 0.947. The Bertz CT molecular complexity index is 512. The molecule has 27 heavy (non-hydrogen) atoms. The fourth-order valence-corrected chi connectivity index (χ4v) is 15.9. The van der Waals surface area contributed by atoms with Crippen molar-refractivity contribution in [3.8, 4) is 0 Å². The highest BCUT2D eigenvalue weighted by Gasteiger charge is 2.59. The Morgan fingerprint density at radius 1 is 0.963 bits per heavy atom. The summed E-state index contributed by atoms with van der Waals surface area (Å²) >= 11 is 0. The van der Waals surface area contributed by atoms with Crippen LogP contribution in [0.25, 0.3) is 0 Å². The summed E-state index contributed by atoms with van der Waals surface area (Å²) in [5, 5.41) is 0. The van der Waals surface area contributed by atoms with E-state index in [-0.39, 0.29) is 24.5 Å². The van der Waals surface area contributed by atoms with Crippen molar-refractivity contribution >= 4 is 23.0 Å². The quantitative estimate of drug-likeness (QED) is 0.696. The van der Waals surface area contributed by atoms with E-state index in [4.69, 9.17) is 18.7 Å². The number of hydrogen-bond acceptors (Lipinski definition) is 5. The van der Waals surface area contributed by atoms with Gasteiger partial charge in [-0.05, 0) is 22.2 Å². The number of rotatable bonds is 5. The number of carbonyl (C=O) groups excluding carboxylic acids is 1. The summed E-state index contributed by atoms with van der Waals surface area (Å²) in [5.41, 5.74) is 6.90. The van der Waals surface area contributed by atoms with Gasteiger partial charge >= 0.3 is 17.1 Å². The van der Waals surface area contributed by atoms with Crippen LogP contribution in [0.3, 0.4) is 0 Å². The van der Waals surface area contributed by atoms with Crippen molar-refractivity contribution < 1.29 is 17.8 Å². The zero-order valence-corrected chi connectivity index (χ0v) is 20.5. The topological polar surface area (TPSA) is 74.0 Å². The normalized spacial score (nSPS) is 28.0. The third-order valence-electron chi connectivity index (χ3n) is 6.30. The molecule has 2 saturated heterocycles. The highest BCUT2D eigenvalue weighted by atomic mass is 28.5. The second-order valence-corrected chi connectivity index (χ2v) is 18.2. The lowest BCUT2D eigenvalue weighted by molar-refractivity contribution is -0.129. The van der Waals surface area contributed by atoms with E-state index < -0.39 is 17.1 Å². The van der Waals surface area contributed by atoms with Crippen molar-refractivity contribution in [2.24, 2.45) is 11.7 Å². The highest BCUT2D eigenvalue weighted by Crippen LogP contribution is 2.47. The van der Waals surface area contributed by atoms with Gasteiger partial charge in [-0.2, -0.15) is 0 Å². The minimum Gasteiger partial charge on any atom is -0.414 e. The summed E-state index contributed by atoms with van der Waals surface area (Å²) < 4.78 is 20.8. The van der Waals surface area contributed by atoms with Crippen molar-refractivity contribution in [3.05, 3.63) is 0 Å². The van der Waals surface area contributed by atoms with E-state index in [0.29, 0.717) is 41.9 Å². The second kappa shape index (κ2) is 8.63. The lowest BCUT2D eigenvalue weighted by Crippen LogP contribution is -2.64. The molecule has 0 aromatic heterocycles. The molecule has 2 heterocycles. The fourth-order valence-electron chi connectivity index (χ4n) is 4.65. The molecule has 2 rings (SSSR count). The van der Waals surface area contributed by atoms with Crippen molar-refractivity contribution in [1.29, 1.82) is 0 Å². The average molecular weight is 417 g/mol. The Balaban J connectivity index is 2.47. The first kappa shape index (κ1) is 23.0. The summed E-state index contributed by atoms with van der Waals surface area (Å²) in [6, 6.07) is 0. The molecule has 6 nitrogen and oxygen atoms in total. The average Bonchev–Trinajstić information content (AvgIpc) is 2.95. The van der Waals surface area contributed by atoms with Crippen LogP contribution in [0, 0.1) is 5.92 Å². The molecule has 0 unspecified atom stereocenters. The number of fused-ring (bicyclic) bond motifs is 1. The Morgan fingerprint density at radius 3 is 1.93 bits per heavy atom. The molecule has 158 valence electrons. The molecule has 8 heteroatoms. The largest absolute Gasteiger partial charge is 0.414 e. The first-order chi connectivity index (χ1) is 12.5. The number of hydrogen-bond donors (Lipinski definition) is 1. The van der Waals surface area contributed by atoms with Gasteiger partial charge in [0, 0.05) is 25.6 Å². The van der Waals surface area contributed by atoms with Crippen molar-refractivity contribution in [1.82, 2.24) is 4.90 Å². The van der Waals surface area contributed by atoms with Gasteiger partial charge in [-0.25, -0.2) is 0 Å². The Kier molecular flexibility index (Phi) is 7.36. The maximum atomic E-state index is 12.2. The van der Waals surface area contributed by atoms with Crippen LogP contribution >= 0.6 is 0 Å². The number of likely N-dealkylation sites (tertiary alicyclic amines) is 1. The molecular weight excluding hydrogens is 376 g/mol. The molecule has 0 aromatic carbocycles. The molecule has 0 radical (unpaired) electrons. The van der Waals surface area contributed by atoms with Crippen molar-refractivity contribution in [3.63, 3.8) is 0 Å². The molecule has 0 aromatic rings.